The molecule has 0 radical (unpaired) electrons. The van der Waals surface area contributed by atoms with Crippen LogP contribution in [0.5, 0.6) is 0 Å². The molecule has 3 rings (SSSR count). The van der Waals surface area contributed by atoms with Crippen molar-refractivity contribution in [2.75, 3.05) is 19.6 Å². The number of unbranched alkanes of at least 4 members (excludes halogenated alkanes) is 1. The van der Waals surface area contributed by atoms with E-state index in [4.69, 9.17) is 0 Å². The molecule has 2 aromatic carbocycles. The van der Waals surface area contributed by atoms with Crippen LogP contribution in [0.3, 0.4) is 0 Å². The molecule has 1 aliphatic heterocycles. The first kappa shape index (κ1) is 20.5. The zero-order valence-electron chi connectivity index (χ0n) is 16.5. The molecule has 1 aliphatic rings. The lowest BCUT2D eigenvalue weighted by Crippen LogP contribution is -2.38. The predicted molar refractivity (Wildman–Crippen MR) is 110 cm³/mol. The first-order chi connectivity index (χ1) is 14.1. The topological polar surface area (TPSA) is 73.8 Å². The SMILES string of the molecule is CCNC(=NCc1ccc(F)cc1)NCCCCN1C(=O)c2ccccc2C1=O. The van der Waals surface area contributed by atoms with E-state index in [9.17, 15) is 14.0 Å². The van der Waals surface area contributed by atoms with E-state index in [1.165, 1.54) is 17.0 Å². The number of carbonyl (C=O) groups is 2. The van der Waals surface area contributed by atoms with Crippen LogP contribution in [-0.2, 0) is 6.54 Å². The highest BCUT2D eigenvalue weighted by Crippen LogP contribution is 2.22. The molecule has 152 valence electrons. The highest BCUT2D eigenvalue weighted by atomic mass is 19.1. The minimum atomic E-state index is -0.263. The minimum Gasteiger partial charge on any atom is -0.357 e. The molecule has 7 heteroatoms. The van der Waals surface area contributed by atoms with E-state index < -0.39 is 0 Å². The van der Waals surface area contributed by atoms with Gasteiger partial charge in [0.2, 0.25) is 0 Å². The van der Waals surface area contributed by atoms with Gasteiger partial charge in [-0.15, -0.1) is 0 Å². The number of fused-ring (bicyclic) bond motifs is 1. The molecule has 2 amide bonds. The van der Waals surface area contributed by atoms with E-state index in [0.717, 1.165) is 18.5 Å². The van der Waals surface area contributed by atoms with Gasteiger partial charge in [-0.25, -0.2) is 9.38 Å². The predicted octanol–water partition coefficient (Wildman–Crippen LogP) is 2.96. The number of nitrogens with one attached hydrogen (secondary N) is 2. The Morgan fingerprint density at radius 2 is 1.62 bits per heavy atom. The molecule has 0 fully saturated rings. The quantitative estimate of drug-likeness (QED) is 0.311. The summed E-state index contributed by atoms with van der Waals surface area (Å²) in [4.78, 5) is 30.5. The van der Waals surface area contributed by atoms with Crippen LogP contribution in [0.4, 0.5) is 4.39 Å². The van der Waals surface area contributed by atoms with Crippen LogP contribution in [0.25, 0.3) is 0 Å². The number of hydrogen-bond donors (Lipinski definition) is 2. The Labute approximate surface area is 169 Å². The summed E-state index contributed by atoms with van der Waals surface area (Å²) >= 11 is 0. The Balaban J connectivity index is 1.44. The zero-order valence-corrected chi connectivity index (χ0v) is 16.5. The lowest BCUT2D eigenvalue weighted by Gasteiger charge is -2.14. The van der Waals surface area contributed by atoms with E-state index in [2.05, 4.69) is 15.6 Å². The lowest BCUT2D eigenvalue weighted by molar-refractivity contribution is 0.0652. The molecular formula is C22H25FN4O2. The molecule has 0 aliphatic carbocycles. The maximum absolute atomic E-state index is 13.0. The third kappa shape index (κ3) is 5.19. The number of imide groups is 1. The Morgan fingerprint density at radius 3 is 2.24 bits per heavy atom. The monoisotopic (exact) mass is 396 g/mol. The fraction of sp³-hybridized carbons (Fsp3) is 0.318. The van der Waals surface area contributed by atoms with Crippen molar-refractivity contribution in [2.24, 2.45) is 4.99 Å². The van der Waals surface area contributed by atoms with Crippen LogP contribution in [0, 0.1) is 5.82 Å². The number of benzene rings is 2. The van der Waals surface area contributed by atoms with Crippen molar-refractivity contribution in [3.63, 3.8) is 0 Å². The third-order valence-corrected chi connectivity index (χ3v) is 4.66. The van der Waals surface area contributed by atoms with Crippen LogP contribution in [0.2, 0.25) is 0 Å². The molecular weight excluding hydrogens is 371 g/mol. The number of halogens is 1. The number of nitrogens with zero attached hydrogens (tertiary/aromatic N) is 2. The molecule has 6 nitrogen and oxygen atoms in total. The standard InChI is InChI=1S/C22H25FN4O2/c1-2-24-22(26-15-16-9-11-17(23)12-10-16)25-13-5-6-14-27-20(28)18-7-3-4-8-19(18)21(27)29/h3-4,7-12H,2,5-6,13-15H2,1H3,(H2,24,25,26). The number of aliphatic imine (C=N–C) groups is 1. The van der Waals surface area contributed by atoms with Gasteiger partial charge in [0.05, 0.1) is 17.7 Å². The van der Waals surface area contributed by atoms with E-state index in [-0.39, 0.29) is 17.6 Å². The molecule has 1 heterocycles. The van der Waals surface area contributed by atoms with Gasteiger partial charge in [0, 0.05) is 19.6 Å². The van der Waals surface area contributed by atoms with E-state index in [0.29, 0.717) is 43.1 Å². The van der Waals surface area contributed by atoms with Crippen LogP contribution in [0.15, 0.2) is 53.5 Å². The fourth-order valence-corrected chi connectivity index (χ4v) is 3.15. The smallest absolute Gasteiger partial charge is 0.261 e. The molecule has 0 unspecified atom stereocenters. The maximum atomic E-state index is 13.0. The number of amides is 2. The molecule has 0 saturated carbocycles. The van der Waals surface area contributed by atoms with Crippen molar-refractivity contribution in [2.45, 2.75) is 26.3 Å². The first-order valence-corrected chi connectivity index (χ1v) is 9.82. The Hall–Kier alpha value is -3.22. The van der Waals surface area contributed by atoms with Crippen molar-refractivity contribution in [1.29, 1.82) is 0 Å². The van der Waals surface area contributed by atoms with E-state index in [1.807, 2.05) is 6.92 Å². The summed E-state index contributed by atoms with van der Waals surface area (Å²) in [5.41, 5.74) is 1.89. The molecule has 2 N–H and O–H groups in total. The highest BCUT2D eigenvalue weighted by molar-refractivity contribution is 6.21. The van der Waals surface area contributed by atoms with Gasteiger partial charge in [0.25, 0.3) is 11.8 Å². The van der Waals surface area contributed by atoms with Gasteiger partial charge in [0.1, 0.15) is 5.82 Å². The van der Waals surface area contributed by atoms with Gasteiger partial charge in [-0.3, -0.25) is 14.5 Å². The fourth-order valence-electron chi connectivity index (χ4n) is 3.15. The maximum Gasteiger partial charge on any atom is 0.261 e. The van der Waals surface area contributed by atoms with Crippen molar-refractivity contribution in [1.82, 2.24) is 15.5 Å². The Bertz CT molecular complexity index is 861. The van der Waals surface area contributed by atoms with Gasteiger partial charge in [-0.2, -0.15) is 0 Å². The molecule has 0 atom stereocenters. The molecule has 0 aromatic heterocycles. The second-order valence-corrected chi connectivity index (χ2v) is 6.76. The zero-order chi connectivity index (χ0) is 20.6. The Kier molecular flexibility index (Phi) is 6.94. The van der Waals surface area contributed by atoms with Crippen LogP contribution in [-0.4, -0.2) is 42.3 Å². The number of hydrogen-bond acceptors (Lipinski definition) is 3. The van der Waals surface area contributed by atoms with Gasteiger partial charge in [-0.05, 0) is 49.6 Å². The Morgan fingerprint density at radius 1 is 0.966 bits per heavy atom. The second kappa shape index (κ2) is 9.82. The summed E-state index contributed by atoms with van der Waals surface area (Å²) in [5.74, 6) is -0.0149. The largest absolute Gasteiger partial charge is 0.357 e. The first-order valence-electron chi connectivity index (χ1n) is 9.82. The second-order valence-electron chi connectivity index (χ2n) is 6.76. The van der Waals surface area contributed by atoms with Gasteiger partial charge in [0.15, 0.2) is 5.96 Å². The summed E-state index contributed by atoms with van der Waals surface area (Å²) < 4.78 is 13.0. The van der Waals surface area contributed by atoms with Gasteiger partial charge < -0.3 is 10.6 Å². The van der Waals surface area contributed by atoms with Crippen molar-refractivity contribution < 1.29 is 14.0 Å². The number of carbonyl (C=O) groups excluding carboxylic acids is 2. The molecule has 0 bridgehead atoms. The van der Waals surface area contributed by atoms with Crippen LogP contribution < -0.4 is 10.6 Å². The molecule has 29 heavy (non-hydrogen) atoms. The summed E-state index contributed by atoms with van der Waals surface area (Å²) in [7, 11) is 0. The average Bonchev–Trinajstić information content (AvgIpc) is 2.98. The lowest BCUT2D eigenvalue weighted by atomic mass is 10.1. The average molecular weight is 396 g/mol. The van der Waals surface area contributed by atoms with Crippen LogP contribution in [0.1, 0.15) is 46.0 Å². The van der Waals surface area contributed by atoms with Gasteiger partial charge >= 0.3 is 0 Å². The molecule has 0 spiro atoms. The van der Waals surface area contributed by atoms with Crippen LogP contribution >= 0.6 is 0 Å². The summed E-state index contributed by atoms with van der Waals surface area (Å²) in [5, 5.41) is 6.41. The summed E-state index contributed by atoms with van der Waals surface area (Å²) in [6.07, 6.45) is 1.49. The molecule has 0 saturated heterocycles. The summed E-state index contributed by atoms with van der Waals surface area (Å²) in [6.45, 7) is 4.22. The van der Waals surface area contributed by atoms with E-state index in [1.54, 1.807) is 36.4 Å². The number of rotatable bonds is 8. The summed E-state index contributed by atoms with van der Waals surface area (Å²) in [6, 6.07) is 13.2. The minimum absolute atomic E-state index is 0.215. The van der Waals surface area contributed by atoms with Gasteiger partial charge in [-0.1, -0.05) is 24.3 Å². The number of guanidine groups is 1. The highest BCUT2D eigenvalue weighted by Gasteiger charge is 2.34. The normalized spacial score (nSPS) is 13.6. The van der Waals surface area contributed by atoms with E-state index >= 15 is 0 Å². The van der Waals surface area contributed by atoms with Crippen molar-refractivity contribution in [3.05, 3.63) is 71.0 Å². The van der Waals surface area contributed by atoms with Crippen molar-refractivity contribution in [3.8, 4) is 0 Å². The molecule has 2 aromatic rings. The third-order valence-electron chi connectivity index (χ3n) is 4.66. The van der Waals surface area contributed by atoms with Crippen molar-refractivity contribution >= 4 is 17.8 Å².